The molecule has 0 unspecified atom stereocenters. The SMILES string of the molecule is CN=C(NCCc1c[nH]c2cc(C)ccc12)NCc1cccc(OCC(=O)NC2CC2)c1. The number of carbonyl (C=O) groups is 1. The van der Waals surface area contributed by atoms with Crippen LogP contribution in [0.15, 0.2) is 53.7 Å². The zero-order valence-corrected chi connectivity index (χ0v) is 18.7. The molecule has 1 heterocycles. The standard InChI is InChI=1S/C25H31N5O2/c1-17-6-9-22-19(15-28-23(22)12-17)10-11-27-25(26-2)29-14-18-4-3-5-21(13-18)32-16-24(31)30-20-7-8-20/h3-6,9,12-13,15,20,28H,7-8,10-11,14,16H2,1-2H3,(H,30,31)(H2,26,27,29). The highest BCUT2D eigenvalue weighted by Crippen LogP contribution is 2.20. The molecule has 2 aromatic carbocycles. The number of nitrogens with one attached hydrogen (secondary N) is 4. The predicted octanol–water partition coefficient (Wildman–Crippen LogP) is 3.04. The quantitative estimate of drug-likeness (QED) is 0.308. The number of aromatic amines is 1. The van der Waals surface area contributed by atoms with Gasteiger partial charge in [-0.05, 0) is 61.1 Å². The number of fused-ring (bicyclic) bond motifs is 1. The average Bonchev–Trinajstić information content (AvgIpc) is 3.52. The summed E-state index contributed by atoms with van der Waals surface area (Å²) in [6.45, 7) is 3.53. The van der Waals surface area contributed by atoms with Gasteiger partial charge < -0.3 is 25.7 Å². The summed E-state index contributed by atoms with van der Waals surface area (Å²) in [5, 5.41) is 10.9. The summed E-state index contributed by atoms with van der Waals surface area (Å²) in [5.74, 6) is 1.37. The van der Waals surface area contributed by atoms with E-state index in [1.54, 1.807) is 7.05 Å². The van der Waals surface area contributed by atoms with Crippen molar-refractivity contribution in [3.05, 3.63) is 65.4 Å². The number of H-pyrrole nitrogens is 1. The molecule has 4 N–H and O–H groups in total. The van der Waals surface area contributed by atoms with Crippen molar-refractivity contribution in [2.45, 2.75) is 38.8 Å². The summed E-state index contributed by atoms with van der Waals surface area (Å²) >= 11 is 0. The van der Waals surface area contributed by atoms with Crippen LogP contribution in [-0.2, 0) is 17.8 Å². The number of hydrogen-bond acceptors (Lipinski definition) is 3. The average molecular weight is 434 g/mol. The minimum atomic E-state index is -0.0639. The third-order valence-electron chi connectivity index (χ3n) is 5.50. The molecule has 0 bridgehead atoms. The Morgan fingerprint density at radius 3 is 2.88 bits per heavy atom. The molecule has 7 nitrogen and oxygen atoms in total. The second kappa shape index (κ2) is 10.2. The van der Waals surface area contributed by atoms with E-state index in [1.165, 1.54) is 22.0 Å². The van der Waals surface area contributed by atoms with E-state index in [0.717, 1.165) is 37.3 Å². The molecule has 0 spiro atoms. The summed E-state index contributed by atoms with van der Waals surface area (Å²) in [6, 6.07) is 14.6. The van der Waals surface area contributed by atoms with Crippen molar-refractivity contribution in [3.8, 4) is 5.75 Å². The van der Waals surface area contributed by atoms with Gasteiger partial charge in [0.15, 0.2) is 12.6 Å². The van der Waals surface area contributed by atoms with Crippen molar-refractivity contribution in [3.63, 3.8) is 0 Å². The highest BCUT2D eigenvalue weighted by Gasteiger charge is 2.23. The van der Waals surface area contributed by atoms with Crippen LogP contribution in [0.5, 0.6) is 5.75 Å². The number of hydrogen-bond donors (Lipinski definition) is 4. The Balaban J connectivity index is 1.22. The van der Waals surface area contributed by atoms with Gasteiger partial charge >= 0.3 is 0 Å². The van der Waals surface area contributed by atoms with Crippen molar-refractivity contribution in [1.29, 1.82) is 0 Å². The number of rotatable bonds is 9. The Labute approximate surface area is 188 Å². The van der Waals surface area contributed by atoms with Crippen LogP contribution in [0.3, 0.4) is 0 Å². The van der Waals surface area contributed by atoms with Gasteiger partial charge in [0.25, 0.3) is 5.91 Å². The molecule has 0 aliphatic heterocycles. The molecule has 1 aliphatic carbocycles. The van der Waals surface area contributed by atoms with E-state index >= 15 is 0 Å². The predicted molar refractivity (Wildman–Crippen MR) is 128 cm³/mol. The van der Waals surface area contributed by atoms with E-state index in [9.17, 15) is 4.79 Å². The monoisotopic (exact) mass is 433 g/mol. The van der Waals surface area contributed by atoms with E-state index in [4.69, 9.17) is 4.74 Å². The van der Waals surface area contributed by atoms with Crippen molar-refractivity contribution in [2.75, 3.05) is 20.2 Å². The van der Waals surface area contributed by atoms with Crippen molar-refractivity contribution < 1.29 is 9.53 Å². The zero-order valence-electron chi connectivity index (χ0n) is 18.7. The van der Waals surface area contributed by atoms with Gasteiger partial charge in [0.05, 0.1) is 0 Å². The molecule has 7 heteroatoms. The first-order valence-electron chi connectivity index (χ1n) is 11.1. The smallest absolute Gasteiger partial charge is 0.258 e. The Kier molecular flexibility index (Phi) is 6.94. The lowest BCUT2D eigenvalue weighted by Crippen LogP contribution is -2.37. The molecule has 168 valence electrons. The summed E-state index contributed by atoms with van der Waals surface area (Å²) < 4.78 is 5.63. The number of benzene rings is 2. The van der Waals surface area contributed by atoms with Gasteiger partial charge in [-0.2, -0.15) is 0 Å². The molecule has 0 radical (unpaired) electrons. The van der Waals surface area contributed by atoms with E-state index in [2.05, 4.69) is 57.2 Å². The number of aryl methyl sites for hydroxylation is 1. The molecular weight excluding hydrogens is 402 g/mol. The summed E-state index contributed by atoms with van der Waals surface area (Å²) in [6.07, 6.45) is 5.13. The fourth-order valence-electron chi connectivity index (χ4n) is 3.62. The molecule has 4 rings (SSSR count). The number of carbonyl (C=O) groups excluding carboxylic acids is 1. The second-order valence-corrected chi connectivity index (χ2v) is 8.24. The van der Waals surface area contributed by atoms with Crippen molar-refractivity contribution >= 4 is 22.8 Å². The number of ether oxygens (including phenoxy) is 1. The Morgan fingerprint density at radius 2 is 2.06 bits per heavy atom. The number of amides is 1. The molecule has 0 atom stereocenters. The normalized spacial score (nSPS) is 13.8. The van der Waals surface area contributed by atoms with Crippen molar-refractivity contribution in [1.82, 2.24) is 20.9 Å². The number of aliphatic imine (C=N–C) groups is 1. The van der Waals surface area contributed by atoms with Gasteiger partial charge in [0.2, 0.25) is 0 Å². The molecular formula is C25H31N5O2. The molecule has 1 aliphatic rings. The van der Waals surface area contributed by atoms with E-state index < -0.39 is 0 Å². The first-order valence-corrected chi connectivity index (χ1v) is 11.1. The summed E-state index contributed by atoms with van der Waals surface area (Å²) in [7, 11) is 1.77. The van der Waals surface area contributed by atoms with Gasteiger partial charge in [-0.3, -0.25) is 9.79 Å². The second-order valence-electron chi connectivity index (χ2n) is 8.24. The maximum atomic E-state index is 11.8. The molecule has 1 amide bonds. The van der Waals surface area contributed by atoms with Crippen LogP contribution in [-0.4, -0.2) is 43.1 Å². The van der Waals surface area contributed by atoms with Gasteiger partial charge in [-0.25, -0.2) is 0 Å². The third kappa shape index (κ3) is 6.03. The fraction of sp³-hybridized carbons (Fsp3) is 0.360. The lowest BCUT2D eigenvalue weighted by atomic mass is 10.1. The first-order chi connectivity index (χ1) is 15.6. The topological polar surface area (TPSA) is 90.5 Å². The lowest BCUT2D eigenvalue weighted by molar-refractivity contribution is -0.123. The van der Waals surface area contributed by atoms with Crippen molar-refractivity contribution in [2.24, 2.45) is 4.99 Å². The van der Waals surface area contributed by atoms with Crippen LogP contribution in [0.4, 0.5) is 0 Å². The third-order valence-corrected chi connectivity index (χ3v) is 5.50. The number of aromatic nitrogens is 1. The largest absolute Gasteiger partial charge is 0.484 e. The Hall–Kier alpha value is -3.48. The molecule has 0 saturated heterocycles. The van der Waals surface area contributed by atoms with E-state index in [0.29, 0.717) is 18.3 Å². The molecule has 1 aromatic heterocycles. The Morgan fingerprint density at radius 1 is 1.19 bits per heavy atom. The Bertz CT molecular complexity index is 1100. The van der Waals surface area contributed by atoms with Gasteiger partial charge in [0, 0.05) is 43.3 Å². The highest BCUT2D eigenvalue weighted by atomic mass is 16.5. The summed E-state index contributed by atoms with van der Waals surface area (Å²) in [5.41, 5.74) is 4.78. The lowest BCUT2D eigenvalue weighted by Gasteiger charge is -2.13. The van der Waals surface area contributed by atoms with Crippen LogP contribution in [0.25, 0.3) is 10.9 Å². The summed E-state index contributed by atoms with van der Waals surface area (Å²) in [4.78, 5) is 19.5. The number of guanidine groups is 1. The molecule has 1 saturated carbocycles. The van der Waals surface area contributed by atoms with Gasteiger partial charge in [0.1, 0.15) is 5.75 Å². The van der Waals surface area contributed by atoms with E-state index in [-0.39, 0.29) is 12.5 Å². The van der Waals surface area contributed by atoms with Crippen LogP contribution in [0, 0.1) is 6.92 Å². The minimum Gasteiger partial charge on any atom is -0.484 e. The maximum absolute atomic E-state index is 11.8. The first kappa shape index (κ1) is 21.7. The van der Waals surface area contributed by atoms with Crippen LogP contribution < -0.4 is 20.7 Å². The maximum Gasteiger partial charge on any atom is 0.258 e. The molecule has 3 aromatic rings. The molecule has 32 heavy (non-hydrogen) atoms. The highest BCUT2D eigenvalue weighted by molar-refractivity contribution is 5.84. The van der Waals surface area contributed by atoms with Crippen LogP contribution in [0.1, 0.15) is 29.5 Å². The van der Waals surface area contributed by atoms with Crippen LogP contribution in [0.2, 0.25) is 0 Å². The molecule has 1 fully saturated rings. The van der Waals surface area contributed by atoms with Crippen LogP contribution >= 0.6 is 0 Å². The van der Waals surface area contributed by atoms with Gasteiger partial charge in [-0.15, -0.1) is 0 Å². The fourth-order valence-corrected chi connectivity index (χ4v) is 3.62. The van der Waals surface area contributed by atoms with Gasteiger partial charge in [-0.1, -0.05) is 24.3 Å². The number of nitrogens with zero attached hydrogens (tertiary/aromatic N) is 1. The van der Waals surface area contributed by atoms with E-state index in [1.807, 2.05) is 24.3 Å². The minimum absolute atomic E-state index is 0.0456. The zero-order chi connectivity index (χ0) is 22.3.